The highest BCUT2D eigenvalue weighted by atomic mass is 16.8. The third-order valence-electron chi connectivity index (χ3n) is 1.30. The Morgan fingerprint density at radius 3 is 2.60 bits per heavy atom. The standard InChI is InChI=1S/C5H10N2O3/c6-2-1-3-4(7)10-5(8)9-3/h3-4H,1-2,6-7H2. The van der Waals surface area contributed by atoms with Gasteiger partial charge in [-0.2, -0.15) is 0 Å². The summed E-state index contributed by atoms with van der Waals surface area (Å²) in [5.74, 6) is 0. The van der Waals surface area contributed by atoms with Crippen LogP contribution in [0.15, 0.2) is 0 Å². The van der Waals surface area contributed by atoms with Crippen molar-refractivity contribution in [2.24, 2.45) is 11.5 Å². The Hall–Kier alpha value is -0.810. The molecule has 0 aromatic carbocycles. The van der Waals surface area contributed by atoms with Crippen molar-refractivity contribution in [2.45, 2.75) is 18.8 Å². The summed E-state index contributed by atoms with van der Waals surface area (Å²) in [5, 5.41) is 0. The van der Waals surface area contributed by atoms with Gasteiger partial charge in [0.25, 0.3) is 0 Å². The molecule has 1 heterocycles. The van der Waals surface area contributed by atoms with Gasteiger partial charge in [-0.3, -0.25) is 5.73 Å². The molecule has 5 nitrogen and oxygen atoms in total. The van der Waals surface area contributed by atoms with Gasteiger partial charge in [-0.25, -0.2) is 4.79 Å². The molecule has 4 N–H and O–H groups in total. The van der Waals surface area contributed by atoms with Gasteiger partial charge in [0, 0.05) is 6.42 Å². The molecule has 0 spiro atoms. The van der Waals surface area contributed by atoms with Gasteiger partial charge in [0.15, 0.2) is 12.3 Å². The normalized spacial score (nSPS) is 31.6. The van der Waals surface area contributed by atoms with Gasteiger partial charge in [-0.1, -0.05) is 0 Å². The van der Waals surface area contributed by atoms with E-state index in [2.05, 4.69) is 9.47 Å². The van der Waals surface area contributed by atoms with E-state index in [4.69, 9.17) is 11.5 Å². The minimum absolute atomic E-state index is 0.363. The third-order valence-corrected chi connectivity index (χ3v) is 1.30. The van der Waals surface area contributed by atoms with E-state index >= 15 is 0 Å². The van der Waals surface area contributed by atoms with Crippen LogP contribution in [0.1, 0.15) is 6.42 Å². The van der Waals surface area contributed by atoms with Gasteiger partial charge in [0.2, 0.25) is 0 Å². The van der Waals surface area contributed by atoms with Crippen molar-refractivity contribution in [3.8, 4) is 0 Å². The molecule has 2 unspecified atom stereocenters. The van der Waals surface area contributed by atoms with E-state index in [0.717, 1.165) is 0 Å². The van der Waals surface area contributed by atoms with E-state index in [1.165, 1.54) is 0 Å². The maximum atomic E-state index is 10.4. The summed E-state index contributed by atoms with van der Waals surface area (Å²) in [7, 11) is 0. The molecule has 0 aliphatic carbocycles. The molecule has 0 aromatic rings. The summed E-state index contributed by atoms with van der Waals surface area (Å²) < 4.78 is 9.14. The number of rotatable bonds is 2. The van der Waals surface area contributed by atoms with Crippen molar-refractivity contribution in [1.82, 2.24) is 0 Å². The quantitative estimate of drug-likeness (QED) is 0.496. The minimum Gasteiger partial charge on any atom is -0.425 e. The summed E-state index contributed by atoms with van der Waals surface area (Å²) >= 11 is 0. The Kier molecular flexibility index (Phi) is 2.08. The summed E-state index contributed by atoms with van der Waals surface area (Å²) in [5.41, 5.74) is 10.5. The van der Waals surface area contributed by atoms with Crippen LogP contribution < -0.4 is 11.5 Å². The number of ether oxygens (including phenoxy) is 2. The van der Waals surface area contributed by atoms with Crippen LogP contribution in [0.25, 0.3) is 0 Å². The number of carbonyl (C=O) groups excluding carboxylic acids is 1. The lowest BCUT2D eigenvalue weighted by Crippen LogP contribution is -2.32. The zero-order valence-corrected chi connectivity index (χ0v) is 5.45. The topological polar surface area (TPSA) is 87.6 Å². The zero-order chi connectivity index (χ0) is 7.56. The van der Waals surface area contributed by atoms with Crippen molar-refractivity contribution in [2.75, 3.05) is 6.54 Å². The second-order valence-electron chi connectivity index (χ2n) is 2.07. The highest BCUT2D eigenvalue weighted by Crippen LogP contribution is 2.12. The smallest absolute Gasteiger partial charge is 0.425 e. The third kappa shape index (κ3) is 1.37. The van der Waals surface area contributed by atoms with Crippen LogP contribution in [-0.2, 0) is 9.47 Å². The van der Waals surface area contributed by atoms with Crippen molar-refractivity contribution in [3.05, 3.63) is 0 Å². The average molecular weight is 146 g/mol. The largest absolute Gasteiger partial charge is 0.510 e. The lowest BCUT2D eigenvalue weighted by Gasteiger charge is -2.07. The predicted octanol–water partition coefficient (Wildman–Crippen LogP) is -0.845. The van der Waals surface area contributed by atoms with Gasteiger partial charge < -0.3 is 15.2 Å². The molecule has 1 fully saturated rings. The van der Waals surface area contributed by atoms with Gasteiger partial charge in [-0.15, -0.1) is 0 Å². The Bertz CT molecular complexity index is 139. The average Bonchev–Trinajstić information content (AvgIpc) is 2.13. The number of carbonyl (C=O) groups is 1. The maximum absolute atomic E-state index is 10.4. The predicted molar refractivity (Wildman–Crippen MR) is 33.0 cm³/mol. The first kappa shape index (κ1) is 7.30. The van der Waals surface area contributed by atoms with E-state index in [9.17, 15) is 4.79 Å². The van der Waals surface area contributed by atoms with Crippen molar-refractivity contribution < 1.29 is 14.3 Å². The summed E-state index contributed by atoms with van der Waals surface area (Å²) in [6.45, 7) is 0.439. The van der Waals surface area contributed by atoms with Gasteiger partial charge in [-0.05, 0) is 6.54 Å². The van der Waals surface area contributed by atoms with Crippen LogP contribution in [0.2, 0.25) is 0 Å². The molecular weight excluding hydrogens is 136 g/mol. The molecule has 1 rings (SSSR count). The molecule has 0 radical (unpaired) electrons. The number of hydrogen-bond acceptors (Lipinski definition) is 5. The van der Waals surface area contributed by atoms with Gasteiger partial charge in [0.1, 0.15) is 0 Å². The monoisotopic (exact) mass is 146 g/mol. The minimum atomic E-state index is -0.703. The molecule has 0 aromatic heterocycles. The van der Waals surface area contributed by atoms with Crippen LogP contribution in [0, 0.1) is 0 Å². The fraction of sp³-hybridized carbons (Fsp3) is 0.800. The fourth-order valence-corrected chi connectivity index (χ4v) is 0.793. The maximum Gasteiger partial charge on any atom is 0.510 e. The number of hydrogen-bond donors (Lipinski definition) is 2. The second-order valence-corrected chi connectivity index (χ2v) is 2.07. The first-order chi connectivity index (χ1) is 4.74. The molecule has 0 saturated carbocycles. The number of cyclic esters (lactones) is 2. The van der Waals surface area contributed by atoms with Gasteiger partial charge in [0.05, 0.1) is 0 Å². The Balaban J connectivity index is 2.38. The van der Waals surface area contributed by atoms with E-state index in [1.807, 2.05) is 0 Å². The lowest BCUT2D eigenvalue weighted by molar-refractivity contribution is 0.115. The van der Waals surface area contributed by atoms with Crippen LogP contribution in [0.3, 0.4) is 0 Å². The highest BCUT2D eigenvalue weighted by molar-refractivity contribution is 5.62. The Labute approximate surface area is 58.3 Å². The molecule has 58 valence electrons. The second kappa shape index (κ2) is 2.85. The van der Waals surface area contributed by atoms with Crippen molar-refractivity contribution in [1.29, 1.82) is 0 Å². The van der Waals surface area contributed by atoms with Gasteiger partial charge >= 0.3 is 6.16 Å². The summed E-state index contributed by atoms with van der Waals surface area (Å²) in [6.07, 6.45) is -1.16. The zero-order valence-electron chi connectivity index (χ0n) is 5.45. The van der Waals surface area contributed by atoms with E-state index < -0.39 is 12.4 Å². The molecular formula is C5H10N2O3. The van der Waals surface area contributed by atoms with Crippen LogP contribution in [0.4, 0.5) is 4.79 Å². The number of nitrogens with two attached hydrogens (primary N) is 2. The Morgan fingerprint density at radius 2 is 2.20 bits per heavy atom. The summed E-state index contributed by atoms with van der Waals surface area (Å²) in [6, 6.07) is 0. The molecule has 2 atom stereocenters. The van der Waals surface area contributed by atoms with E-state index in [-0.39, 0.29) is 6.10 Å². The molecule has 1 saturated heterocycles. The molecule has 5 heteroatoms. The molecule has 1 aliphatic rings. The van der Waals surface area contributed by atoms with E-state index in [0.29, 0.717) is 13.0 Å². The van der Waals surface area contributed by atoms with E-state index in [1.54, 1.807) is 0 Å². The van der Waals surface area contributed by atoms with Crippen LogP contribution in [0.5, 0.6) is 0 Å². The Morgan fingerprint density at radius 1 is 1.50 bits per heavy atom. The first-order valence-corrected chi connectivity index (χ1v) is 3.07. The molecule has 10 heavy (non-hydrogen) atoms. The highest BCUT2D eigenvalue weighted by Gasteiger charge is 2.32. The van der Waals surface area contributed by atoms with Crippen molar-refractivity contribution in [3.63, 3.8) is 0 Å². The first-order valence-electron chi connectivity index (χ1n) is 3.07. The van der Waals surface area contributed by atoms with Crippen LogP contribution >= 0.6 is 0 Å². The lowest BCUT2D eigenvalue weighted by atomic mass is 10.2. The summed E-state index contributed by atoms with van der Waals surface area (Å²) in [4.78, 5) is 10.4. The fourth-order valence-electron chi connectivity index (χ4n) is 0.793. The molecule has 1 aliphatic heterocycles. The van der Waals surface area contributed by atoms with Crippen molar-refractivity contribution >= 4 is 6.16 Å². The van der Waals surface area contributed by atoms with Crippen LogP contribution in [-0.4, -0.2) is 25.0 Å². The SMILES string of the molecule is NCCC1OC(=O)OC1N. The molecule has 0 amide bonds. The molecule has 0 bridgehead atoms.